The highest BCUT2D eigenvalue weighted by molar-refractivity contribution is 5.70. The van der Waals surface area contributed by atoms with Crippen molar-refractivity contribution >= 4 is 5.57 Å². The van der Waals surface area contributed by atoms with E-state index >= 15 is 0 Å². The van der Waals surface area contributed by atoms with Crippen LogP contribution in [0.25, 0.3) is 22.5 Å². The van der Waals surface area contributed by atoms with E-state index in [4.69, 9.17) is 0 Å². The average molecular weight is 345 g/mol. The van der Waals surface area contributed by atoms with E-state index in [9.17, 15) is 5.11 Å². The van der Waals surface area contributed by atoms with Crippen LogP contribution in [0, 0.1) is 17.8 Å². The molecule has 0 amide bonds. The molecule has 26 heavy (non-hydrogen) atoms. The number of phenols is 1. The van der Waals surface area contributed by atoms with E-state index in [0.29, 0.717) is 29.0 Å². The number of piperidine rings is 1. The van der Waals surface area contributed by atoms with Crippen LogP contribution in [0.15, 0.2) is 55.9 Å². The van der Waals surface area contributed by atoms with Gasteiger partial charge in [0.25, 0.3) is 0 Å². The molecule has 1 aliphatic carbocycles. The number of nitrogens with one attached hydrogen (secondary N) is 1. The SMILES string of the molecule is C=C(c1cnc(-c2ccc(-n3ccnc3)cc2O)cn1)[C@@H]1[C@@H]2CNC[C@@H]21. The normalized spacial score (nSPS) is 23.6. The van der Waals surface area contributed by atoms with Gasteiger partial charge in [0.15, 0.2) is 0 Å². The summed E-state index contributed by atoms with van der Waals surface area (Å²) in [4.78, 5) is 13.1. The van der Waals surface area contributed by atoms with Crippen molar-refractivity contribution in [2.75, 3.05) is 13.1 Å². The highest BCUT2D eigenvalue weighted by Crippen LogP contribution is 2.54. The standard InChI is InChI=1S/C20H19N5O/c1-12(20-15-7-22-8-16(15)20)17-9-24-18(10-23-17)14-3-2-13(6-19(14)26)25-5-4-21-11-25/h2-6,9-11,15-16,20,22,26H,1,7-8H2/t15-,16+,20-. The van der Waals surface area contributed by atoms with Crippen LogP contribution in [-0.2, 0) is 0 Å². The third-order valence-corrected chi connectivity index (χ3v) is 5.53. The summed E-state index contributed by atoms with van der Waals surface area (Å²) in [6.45, 7) is 6.40. The Morgan fingerprint density at radius 3 is 2.69 bits per heavy atom. The van der Waals surface area contributed by atoms with Crippen molar-refractivity contribution < 1.29 is 5.11 Å². The molecule has 0 unspecified atom stereocenters. The Kier molecular flexibility index (Phi) is 3.39. The first-order valence-electron chi connectivity index (χ1n) is 8.76. The maximum absolute atomic E-state index is 10.4. The molecule has 5 rings (SSSR count). The summed E-state index contributed by atoms with van der Waals surface area (Å²) in [5.74, 6) is 2.13. The van der Waals surface area contributed by atoms with Crippen molar-refractivity contribution in [3.63, 3.8) is 0 Å². The first-order valence-corrected chi connectivity index (χ1v) is 8.76. The van der Waals surface area contributed by atoms with Gasteiger partial charge in [0, 0.05) is 24.0 Å². The number of aromatic hydroxyl groups is 1. The number of allylic oxidation sites excluding steroid dienone is 1. The quantitative estimate of drug-likeness (QED) is 0.760. The predicted octanol–water partition coefficient (Wildman–Crippen LogP) is 2.51. The summed E-state index contributed by atoms with van der Waals surface area (Å²) in [6.07, 6.45) is 8.70. The molecule has 2 N–H and O–H groups in total. The van der Waals surface area contributed by atoms with Crippen molar-refractivity contribution in [3.05, 3.63) is 61.6 Å². The number of rotatable bonds is 4. The van der Waals surface area contributed by atoms with Gasteiger partial charge in [-0.15, -0.1) is 0 Å². The van der Waals surface area contributed by atoms with Crippen LogP contribution < -0.4 is 5.32 Å². The molecule has 1 saturated heterocycles. The molecule has 130 valence electrons. The number of aromatic nitrogens is 4. The van der Waals surface area contributed by atoms with Gasteiger partial charge in [-0.1, -0.05) is 6.58 Å². The van der Waals surface area contributed by atoms with Gasteiger partial charge < -0.3 is 15.0 Å². The second-order valence-electron chi connectivity index (χ2n) is 7.00. The first-order chi connectivity index (χ1) is 12.7. The number of phenolic OH excluding ortho intramolecular Hbond substituents is 1. The first kappa shape index (κ1) is 15.3. The summed E-state index contributed by atoms with van der Waals surface area (Å²) in [5, 5.41) is 13.8. The van der Waals surface area contributed by atoms with E-state index < -0.39 is 0 Å². The minimum Gasteiger partial charge on any atom is -0.507 e. The number of hydrogen-bond acceptors (Lipinski definition) is 5. The third-order valence-electron chi connectivity index (χ3n) is 5.53. The smallest absolute Gasteiger partial charge is 0.127 e. The summed E-state index contributed by atoms with van der Waals surface area (Å²) in [5.41, 5.74) is 4.08. The molecule has 1 saturated carbocycles. The van der Waals surface area contributed by atoms with Crippen LogP contribution in [0.3, 0.4) is 0 Å². The van der Waals surface area contributed by atoms with E-state index in [2.05, 4.69) is 26.8 Å². The van der Waals surface area contributed by atoms with Crippen molar-refractivity contribution in [1.29, 1.82) is 0 Å². The van der Waals surface area contributed by atoms with Gasteiger partial charge in [-0.25, -0.2) is 4.98 Å². The van der Waals surface area contributed by atoms with Crippen LogP contribution in [-0.4, -0.2) is 37.7 Å². The molecule has 6 nitrogen and oxygen atoms in total. The van der Waals surface area contributed by atoms with Crippen molar-refractivity contribution in [1.82, 2.24) is 24.8 Å². The molecule has 3 aromatic rings. The monoisotopic (exact) mass is 345 g/mol. The molecule has 0 bridgehead atoms. The zero-order valence-electron chi connectivity index (χ0n) is 14.2. The van der Waals surface area contributed by atoms with Crippen molar-refractivity contribution in [2.45, 2.75) is 0 Å². The van der Waals surface area contributed by atoms with E-state index in [0.717, 1.165) is 30.0 Å². The molecule has 0 radical (unpaired) electrons. The third kappa shape index (κ3) is 2.42. The van der Waals surface area contributed by atoms with E-state index in [-0.39, 0.29) is 5.75 Å². The molecule has 2 aromatic heterocycles. The average Bonchev–Trinajstić information content (AvgIpc) is 3.07. The molecular formula is C20H19N5O. The van der Waals surface area contributed by atoms with Crippen LogP contribution in [0.1, 0.15) is 5.69 Å². The highest BCUT2D eigenvalue weighted by Gasteiger charge is 2.54. The number of hydrogen-bond donors (Lipinski definition) is 2. The number of nitrogens with zero attached hydrogens (tertiary/aromatic N) is 4. The molecule has 6 heteroatoms. The number of benzene rings is 1. The van der Waals surface area contributed by atoms with Crippen LogP contribution in [0.2, 0.25) is 0 Å². The Morgan fingerprint density at radius 1 is 1.19 bits per heavy atom. The van der Waals surface area contributed by atoms with E-state index in [1.807, 2.05) is 22.9 Å². The lowest BCUT2D eigenvalue weighted by Gasteiger charge is -2.10. The summed E-state index contributed by atoms with van der Waals surface area (Å²) < 4.78 is 1.84. The lowest BCUT2D eigenvalue weighted by atomic mass is 10.1. The Morgan fingerprint density at radius 2 is 2.04 bits per heavy atom. The van der Waals surface area contributed by atoms with Crippen LogP contribution in [0.4, 0.5) is 0 Å². The maximum Gasteiger partial charge on any atom is 0.127 e. The Labute approximate surface area is 151 Å². The largest absolute Gasteiger partial charge is 0.507 e. The zero-order valence-corrected chi connectivity index (χ0v) is 14.2. The van der Waals surface area contributed by atoms with Gasteiger partial charge in [0.1, 0.15) is 5.75 Å². The molecule has 1 aliphatic heterocycles. The Hall–Kier alpha value is -2.99. The minimum absolute atomic E-state index is 0.167. The molecule has 1 aromatic carbocycles. The fraction of sp³-hybridized carbons (Fsp3) is 0.250. The minimum atomic E-state index is 0.167. The van der Waals surface area contributed by atoms with E-state index in [1.54, 1.807) is 31.0 Å². The predicted molar refractivity (Wildman–Crippen MR) is 98.6 cm³/mol. The Bertz CT molecular complexity index is 954. The molecule has 3 heterocycles. The zero-order chi connectivity index (χ0) is 17.7. The topological polar surface area (TPSA) is 75.9 Å². The summed E-state index contributed by atoms with van der Waals surface area (Å²) >= 11 is 0. The Balaban J connectivity index is 1.38. The van der Waals surface area contributed by atoms with Crippen molar-refractivity contribution in [2.24, 2.45) is 17.8 Å². The van der Waals surface area contributed by atoms with Gasteiger partial charge in [-0.3, -0.25) is 9.97 Å². The lowest BCUT2D eigenvalue weighted by molar-refractivity contribution is 0.477. The second kappa shape index (κ2) is 5.78. The van der Waals surface area contributed by atoms with Gasteiger partial charge in [-0.05, 0) is 48.5 Å². The van der Waals surface area contributed by atoms with Gasteiger partial charge in [-0.2, -0.15) is 0 Å². The van der Waals surface area contributed by atoms with Crippen LogP contribution >= 0.6 is 0 Å². The van der Waals surface area contributed by atoms with Gasteiger partial charge in [0.05, 0.1) is 35.8 Å². The molecular weight excluding hydrogens is 326 g/mol. The van der Waals surface area contributed by atoms with E-state index in [1.165, 1.54) is 0 Å². The highest BCUT2D eigenvalue weighted by atomic mass is 16.3. The van der Waals surface area contributed by atoms with Crippen molar-refractivity contribution in [3.8, 4) is 22.7 Å². The number of imidazole rings is 1. The number of fused-ring (bicyclic) bond motifs is 1. The second-order valence-corrected chi connectivity index (χ2v) is 7.00. The summed E-state index contributed by atoms with van der Waals surface area (Å²) in [6, 6.07) is 5.47. The van der Waals surface area contributed by atoms with Crippen LogP contribution in [0.5, 0.6) is 5.75 Å². The summed E-state index contributed by atoms with van der Waals surface area (Å²) in [7, 11) is 0. The fourth-order valence-electron chi connectivity index (χ4n) is 4.05. The van der Waals surface area contributed by atoms with Gasteiger partial charge >= 0.3 is 0 Å². The fourth-order valence-corrected chi connectivity index (χ4v) is 4.05. The molecule has 3 atom stereocenters. The van der Waals surface area contributed by atoms with Gasteiger partial charge in [0.2, 0.25) is 0 Å². The maximum atomic E-state index is 10.4. The lowest BCUT2D eigenvalue weighted by Crippen LogP contribution is -2.15. The molecule has 0 spiro atoms. The molecule has 2 aliphatic rings. The molecule has 2 fully saturated rings.